The summed E-state index contributed by atoms with van der Waals surface area (Å²) in [7, 11) is 0. The number of esters is 1. The smallest absolute Gasteiger partial charge is 0.410 e. The second-order valence-electron chi connectivity index (χ2n) is 4.88. The summed E-state index contributed by atoms with van der Waals surface area (Å²) < 4.78 is 10.3. The van der Waals surface area contributed by atoms with Crippen LogP contribution in [0.5, 0.6) is 5.75 Å². The Bertz CT molecular complexity index is 500. The average molecular weight is 289 g/mol. The second kappa shape index (κ2) is 7.47. The molecule has 1 aromatic rings. The second-order valence-corrected chi connectivity index (χ2v) is 4.88. The number of ether oxygens (including phenoxy) is 2. The van der Waals surface area contributed by atoms with Gasteiger partial charge in [0.15, 0.2) is 0 Å². The Morgan fingerprint density at radius 3 is 2.81 bits per heavy atom. The molecular formula is C16H19NO4. The number of hydrogen-bond acceptors (Lipinski definition) is 4. The van der Waals surface area contributed by atoms with E-state index in [-0.39, 0.29) is 18.5 Å². The van der Waals surface area contributed by atoms with Gasteiger partial charge in [0, 0.05) is 13.1 Å². The summed E-state index contributed by atoms with van der Waals surface area (Å²) in [4.78, 5) is 25.5. The van der Waals surface area contributed by atoms with Gasteiger partial charge < -0.3 is 14.4 Å². The first-order chi connectivity index (χ1) is 10.2. The highest BCUT2D eigenvalue weighted by atomic mass is 16.6. The number of rotatable bonds is 4. The number of carbonyl (C=O) groups is 2. The molecule has 1 amide bonds. The number of piperidine rings is 1. The number of benzene rings is 1. The van der Waals surface area contributed by atoms with E-state index in [9.17, 15) is 9.59 Å². The van der Waals surface area contributed by atoms with Gasteiger partial charge in [0.2, 0.25) is 0 Å². The number of carbonyl (C=O) groups excluding carboxylic acids is 2. The molecule has 1 saturated heterocycles. The van der Waals surface area contributed by atoms with Gasteiger partial charge >= 0.3 is 12.1 Å². The largest absolute Gasteiger partial charge is 0.445 e. The van der Waals surface area contributed by atoms with E-state index in [1.54, 1.807) is 17.0 Å². The first-order valence-corrected chi connectivity index (χ1v) is 7.00. The number of amides is 1. The van der Waals surface area contributed by atoms with E-state index in [4.69, 9.17) is 9.47 Å². The van der Waals surface area contributed by atoms with Crippen molar-refractivity contribution in [2.45, 2.75) is 12.8 Å². The zero-order valence-corrected chi connectivity index (χ0v) is 11.9. The first kappa shape index (κ1) is 15.1. The van der Waals surface area contributed by atoms with Crippen LogP contribution in [0.4, 0.5) is 4.79 Å². The maximum Gasteiger partial charge on any atom is 0.410 e. The molecule has 5 heteroatoms. The third kappa shape index (κ3) is 4.34. The minimum atomic E-state index is -0.410. The van der Waals surface area contributed by atoms with Crippen LogP contribution in [0.3, 0.4) is 0 Å². The number of para-hydroxylation sites is 1. The van der Waals surface area contributed by atoms with Crippen LogP contribution in [0, 0.1) is 5.92 Å². The summed E-state index contributed by atoms with van der Waals surface area (Å²) in [6.07, 6.45) is 2.59. The van der Waals surface area contributed by atoms with Crippen LogP contribution >= 0.6 is 0 Å². The highest BCUT2D eigenvalue weighted by Crippen LogP contribution is 2.20. The molecule has 1 fully saturated rings. The molecular weight excluding hydrogens is 270 g/mol. The Morgan fingerprint density at radius 1 is 1.33 bits per heavy atom. The van der Waals surface area contributed by atoms with Crippen molar-refractivity contribution in [3.8, 4) is 5.75 Å². The molecule has 0 aliphatic carbocycles. The lowest BCUT2D eigenvalue weighted by atomic mass is 9.98. The Balaban J connectivity index is 1.89. The van der Waals surface area contributed by atoms with Crippen molar-refractivity contribution in [2.24, 2.45) is 5.92 Å². The fourth-order valence-electron chi connectivity index (χ4n) is 2.24. The summed E-state index contributed by atoms with van der Waals surface area (Å²) in [6.45, 7) is 4.61. The lowest BCUT2D eigenvalue weighted by molar-refractivity contribution is -0.140. The van der Waals surface area contributed by atoms with Gasteiger partial charge in [-0.3, -0.25) is 4.79 Å². The van der Waals surface area contributed by atoms with Crippen molar-refractivity contribution in [3.63, 3.8) is 0 Å². The Kier molecular flexibility index (Phi) is 5.37. The van der Waals surface area contributed by atoms with Crippen LogP contribution in [-0.2, 0) is 9.53 Å². The normalized spacial score (nSPS) is 17.9. The molecule has 1 aliphatic heterocycles. The van der Waals surface area contributed by atoms with Gasteiger partial charge in [-0.1, -0.05) is 30.9 Å². The Morgan fingerprint density at radius 2 is 2.10 bits per heavy atom. The summed E-state index contributed by atoms with van der Waals surface area (Å²) in [5.41, 5.74) is 0. The summed E-state index contributed by atoms with van der Waals surface area (Å²) >= 11 is 0. The molecule has 1 aliphatic rings. The maximum absolute atomic E-state index is 12.1. The minimum Gasteiger partial charge on any atom is -0.445 e. The lowest BCUT2D eigenvalue weighted by Crippen LogP contribution is -2.43. The highest BCUT2D eigenvalue weighted by Gasteiger charge is 2.30. The van der Waals surface area contributed by atoms with E-state index in [1.807, 2.05) is 18.2 Å². The van der Waals surface area contributed by atoms with E-state index >= 15 is 0 Å². The van der Waals surface area contributed by atoms with E-state index in [0.29, 0.717) is 18.8 Å². The van der Waals surface area contributed by atoms with Gasteiger partial charge in [-0.25, -0.2) is 4.79 Å². The topological polar surface area (TPSA) is 55.8 Å². The molecule has 0 saturated carbocycles. The molecule has 2 rings (SSSR count). The van der Waals surface area contributed by atoms with E-state index in [2.05, 4.69) is 6.58 Å². The molecule has 21 heavy (non-hydrogen) atoms. The molecule has 1 heterocycles. The predicted molar refractivity (Wildman–Crippen MR) is 77.9 cm³/mol. The lowest BCUT2D eigenvalue weighted by Gasteiger charge is -2.30. The van der Waals surface area contributed by atoms with Crippen LogP contribution in [0.15, 0.2) is 43.0 Å². The fourth-order valence-corrected chi connectivity index (χ4v) is 2.24. The summed E-state index contributed by atoms with van der Waals surface area (Å²) in [5.74, 6) is -0.0912. The number of likely N-dealkylation sites (tertiary alicyclic amines) is 1. The Labute approximate surface area is 124 Å². The van der Waals surface area contributed by atoms with Crippen molar-refractivity contribution in [1.29, 1.82) is 0 Å². The van der Waals surface area contributed by atoms with Gasteiger partial charge in [-0.15, -0.1) is 0 Å². The number of nitrogens with zero attached hydrogens (tertiary/aromatic N) is 1. The molecule has 0 aromatic heterocycles. The zero-order chi connectivity index (χ0) is 15.1. The molecule has 5 nitrogen and oxygen atoms in total. The average Bonchev–Trinajstić information content (AvgIpc) is 2.53. The van der Waals surface area contributed by atoms with Crippen LogP contribution in [0.2, 0.25) is 0 Å². The minimum absolute atomic E-state index is 0.175. The fraction of sp³-hybridized carbons (Fsp3) is 0.375. The van der Waals surface area contributed by atoms with Crippen LogP contribution in [0.25, 0.3) is 0 Å². The standard InChI is InChI=1S/C16H19NO4/c1-2-11-20-16(19)17-10-6-7-13(12-17)15(18)21-14-8-4-3-5-9-14/h2-5,8-9,13H,1,6-7,10-12H2. The molecule has 1 atom stereocenters. The maximum atomic E-state index is 12.1. The van der Waals surface area contributed by atoms with E-state index in [0.717, 1.165) is 12.8 Å². The van der Waals surface area contributed by atoms with Gasteiger partial charge in [0.05, 0.1) is 5.92 Å². The van der Waals surface area contributed by atoms with Crippen LogP contribution < -0.4 is 4.74 Å². The van der Waals surface area contributed by atoms with Crippen molar-refractivity contribution in [2.75, 3.05) is 19.7 Å². The van der Waals surface area contributed by atoms with Crippen molar-refractivity contribution < 1.29 is 19.1 Å². The third-order valence-corrected chi connectivity index (χ3v) is 3.30. The van der Waals surface area contributed by atoms with Crippen molar-refractivity contribution >= 4 is 12.1 Å². The van der Waals surface area contributed by atoms with Crippen LogP contribution in [-0.4, -0.2) is 36.7 Å². The molecule has 0 N–H and O–H groups in total. The quantitative estimate of drug-likeness (QED) is 0.486. The molecule has 112 valence electrons. The molecule has 0 spiro atoms. The van der Waals surface area contributed by atoms with Crippen molar-refractivity contribution in [1.82, 2.24) is 4.90 Å². The van der Waals surface area contributed by atoms with Crippen molar-refractivity contribution in [3.05, 3.63) is 43.0 Å². The number of hydrogen-bond donors (Lipinski definition) is 0. The summed E-state index contributed by atoms with van der Waals surface area (Å²) in [5, 5.41) is 0. The molecule has 1 unspecified atom stereocenters. The molecule has 0 radical (unpaired) electrons. The summed E-state index contributed by atoms with van der Waals surface area (Å²) in [6, 6.07) is 8.94. The monoisotopic (exact) mass is 289 g/mol. The molecule has 1 aromatic carbocycles. The SMILES string of the molecule is C=CCOC(=O)N1CCCC(C(=O)Oc2ccccc2)C1. The molecule has 0 bridgehead atoms. The predicted octanol–water partition coefficient (Wildman–Crippen LogP) is 2.63. The van der Waals surface area contributed by atoms with E-state index < -0.39 is 6.09 Å². The van der Waals surface area contributed by atoms with Gasteiger partial charge in [0.1, 0.15) is 12.4 Å². The zero-order valence-electron chi connectivity index (χ0n) is 11.9. The van der Waals surface area contributed by atoms with E-state index in [1.165, 1.54) is 6.08 Å². The van der Waals surface area contributed by atoms with Gasteiger partial charge in [-0.05, 0) is 25.0 Å². The Hall–Kier alpha value is -2.30. The van der Waals surface area contributed by atoms with Gasteiger partial charge in [0.25, 0.3) is 0 Å². The van der Waals surface area contributed by atoms with Crippen LogP contribution in [0.1, 0.15) is 12.8 Å². The first-order valence-electron chi connectivity index (χ1n) is 7.00. The van der Waals surface area contributed by atoms with Gasteiger partial charge in [-0.2, -0.15) is 0 Å². The third-order valence-electron chi connectivity index (χ3n) is 3.30. The highest BCUT2D eigenvalue weighted by molar-refractivity contribution is 5.77.